The van der Waals surface area contributed by atoms with Gasteiger partial charge in [-0.25, -0.2) is 4.99 Å². The fraction of sp³-hybridized carbons (Fsp3) is 0.294. The third-order valence-electron chi connectivity index (χ3n) is 4.12. The monoisotopic (exact) mass is 325 g/mol. The van der Waals surface area contributed by atoms with Crippen LogP contribution in [0.2, 0.25) is 0 Å². The SMILES string of the molecule is CCNC(=O)c1c[nH]c2c1NC(Oc1ccc3c(c1)NCC3)C=N2. The van der Waals surface area contributed by atoms with Gasteiger partial charge in [0.05, 0.1) is 17.5 Å². The van der Waals surface area contributed by atoms with Crippen molar-refractivity contribution in [3.8, 4) is 5.75 Å². The highest BCUT2D eigenvalue weighted by Gasteiger charge is 2.23. The molecule has 0 radical (unpaired) electrons. The van der Waals surface area contributed by atoms with Crippen LogP contribution in [0.3, 0.4) is 0 Å². The third kappa shape index (κ3) is 2.58. The third-order valence-corrected chi connectivity index (χ3v) is 4.12. The summed E-state index contributed by atoms with van der Waals surface area (Å²) in [5.41, 5.74) is 3.62. The van der Waals surface area contributed by atoms with Crippen LogP contribution in [0.1, 0.15) is 22.8 Å². The Morgan fingerprint density at radius 3 is 3.25 bits per heavy atom. The zero-order valence-corrected chi connectivity index (χ0v) is 13.3. The van der Waals surface area contributed by atoms with Crippen LogP contribution in [-0.2, 0) is 6.42 Å². The minimum atomic E-state index is -0.430. The van der Waals surface area contributed by atoms with E-state index in [0.717, 1.165) is 24.4 Å². The van der Waals surface area contributed by atoms with E-state index in [4.69, 9.17) is 4.74 Å². The minimum absolute atomic E-state index is 0.139. The Labute approximate surface area is 139 Å². The average Bonchev–Trinajstić information content (AvgIpc) is 3.20. The Kier molecular flexibility index (Phi) is 3.60. The predicted molar refractivity (Wildman–Crippen MR) is 93.6 cm³/mol. The molecule has 24 heavy (non-hydrogen) atoms. The molecular weight excluding hydrogens is 306 g/mol. The number of carbonyl (C=O) groups is 1. The molecule has 0 bridgehead atoms. The van der Waals surface area contributed by atoms with Crippen molar-refractivity contribution in [3.05, 3.63) is 35.5 Å². The van der Waals surface area contributed by atoms with Crippen LogP contribution >= 0.6 is 0 Å². The fourth-order valence-corrected chi connectivity index (χ4v) is 2.97. The van der Waals surface area contributed by atoms with Gasteiger partial charge in [0, 0.05) is 31.0 Å². The molecule has 1 atom stereocenters. The molecule has 124 valence electrons. The molecular formula is C17H19N5O2. The Morgan fingerprint density at radius 1 is 1.46 bits per heavy atom. The molecule has 4 rings (SSSR count). The van der Waals surface area contributed by atoms with Gasteiger partial charge in [-0.15, -0.1) is 0 Å². The first-order valence-corrected chi connectivity index (χ1v) is 8.08. The number of hydrogen-bond acceptors (Lipinski definition) is 5. The minimum Gasteiger partial charge on any atom is -0.465 e. The molecule has 0 aliphatic carbocycles. The molecule has 1 unspecified atom stereocenters. The molecule has 0 saturated heterocycles. The van der Waals surface area contributed by atoms with Gasteiger partial charge in [-0.2, -0.15) is 0 Å². The van der Waals surface area contributed by atoms with Crippen molar-refractivity contribution in [2.45, 2.75) is 19.6 Å². The highest BCUT2D eigenvalue weighted by atomic mass is 16.5. The normalized spacial score (nSPS) is 17.5. The van der Waals surface area contributed by atoms with E-state index < -0.39 is 6.23 Å². The fourth-order valence-electron chi connectivity index (χ4n) is 2.97. The number of ether oxygens (including phenoxy) is 1. The van der Waals surface area contributed by atoms with E-state index in [1.807, 2.05) is 19.1 Å². The first-order chi connectivity index (χ1) is 11.7. The van der Waals surface area contributed by atoms with Crippen LogP contribution in [0.15, 0.2) is 29.4 Å². The lowest BCUT2D eigenvalue weighted by molar-refractivity contribution is 0.0956. The number of nitrogens with zero attached hydrogens (tertiary/aromatic N) is 1. The van der Waals surface area contributed by atoms with E-state index in [1.165, 1.54) is 5.56 Å². The van der Waals surface area contributed by atoms with Crippen LogP contribution in [0.5, 0.6) is 5.75 Å². The quantitative estimate of drug-likeness (QED) is 0.694. The first-order valence-electron chi connectivity index (χ1n) is 8.08. The largest absolute Gasteiger partial charge is 0.465 e. The topological polar surface area (TPSA) is 90.5 Å². The number of nitrogens with one attached hydrogen (secondary N) is 4. The van der Waals surface area contributed by atoms with Gasteiger partial charge >= 0.3 is 0 Å². The lowest BCUT2D eigenvalue weighted by Crippen LogP contribution is -2.31. The van der Waals surface area contributed by atoms with Crippen molar-refractivity contribution in [2.75, 3.05) is 23.7 Å². The molecule has 3 heterocycles. The van der Waals surface area contributed by atoms with Crippen LogP contribution in [0.25, 0.3) is 0 Å². The van der Waals surface area contributed by atoms with Crippen molar-refractivity contribution < 1.29 is 9.53 Å². The van der Waals surface area contributed by atoms with Crippen LogP contribution in [0, 0.1) is 0 Å². The summed E-state index contributed by atoms with van der Waals surface area (Å²) >= 11 is 0. The second kappa shape index (κ2) is 5.92. The van der Waals surface area contributed by atoms with Gasteiger partial charge < -0.3 is 25.7 Å². The molecule has 0 saturated carbocycles. The van der Waals surface area contributed by atoms with E-state index in [-0.39, 0.29) is 5.91 Å². The van der Waals surface area contributed by atoms with Gasteiger partial charge in [0.15, 0.2) is 5.82 Å². The summed E-state index contributed by atoms with van der Waals surface area (Å²) in [7, 11) is 0. The highest BCUT2D eigenvalue weighted by Crippen LogP contribution is 2.32. The van der Waals surface area contributed by atoms with Crippen LogP contribution < -0.4 is 20.7 Å². The molecule has 2 aliphatic heterocycles. The Balaban J connectivity index is 1.52. The van der Waals surface area contributed by atoms with Crippen molar-refractivity contribution in [2.24, 2.45) is 4.99 Å². The number of fused-ring (bicyclic) bond motifs is 2. The average molecular weight is 325 g/mol. The number of benzene rings is 1. The number of aromatic amines is 1. The van der Waals surface area contributed by atoms with Crippen LogP contribution in [0.4, 0.5) is 17.2 Å². The number of aliphatic imine (C=N–C) groups is 1. The summed E-state index contributed by atoms with van der Waals surface area (Å²) in [6, 6.07) is 6.03. The summed E-state index contributed by atoms with van der Waals surface area (Å²) in [6.45, 7) is 3.42. The van der Waals surface area contributed by atoms with Gasteiger partial charge in [0.1, 0.15) is 5.75 Å². The van der Waals surface area contributed by atoms with Crippen molar-refractivity contribution >= 4 is 29.3 Å². The lowest BCUT2D eigenvalue weighted by atomic mass is 10.1. The number of amides is 1. The number of H-pyrrole nitrogens is 1. The maximum absolute atomic E-state index is 12.1. The number of rotatable bonds is 4. The Morgan fingerprint density at radius 2 is 2.38 bits per heavy atom. The zero-order chi connectivity index (χ0) is 16.5. The summed E-state index contributed by atoms with van der Waals surface area (Å²) < 4.78 is 5.96. The highest BCUT2D eigenvalue weighted by molar-refractivity contribution is 6.03. The maximum Gasteiger partial charge on any atom is 0.255 e. The van der Waals surface area contributed by atoms with E-state index in [2.05, 4.69) is 32.0 Å². The molecule has 0 spiro atoms. The maximum atomic E-state index is 12.1. The number of hydrogen-bond donors (Lipinski definition) is 4. The summed E-state index contributed by atoms with van der Waals surface area (Å²) in [6.07, 6.45) is 3.95. The summed E-state index contributed by atoms with van der Waals surface area (Å²) in [4.78, 5) is 19.4. The van der Waals surface area contributed by atoms with E-state index >= 15 is 0 Å². The number of aromatic nitrogens is 1. The van der Waals surface area contributed by atoms with E-state index in [1.54, 1.807) is 12.4 Å². The van der Waals surface area contributed by atoms with E-state index in [0.29, 0.717) is 23.6 Å². The molecule has 2 aromatic rings. The second-order valence-corrected chi connectivity index (χ2v) is 5.74. The molecule has 4 N–H and O–H groups in total. The van der Waals surface area contributed by atoms with Crippen LogP contribution in [-0.4, -0.2) is 36.4 Å². The first kappa shape index (κ1) is 14.6. The number of anilines is 2. The number of carbonyl (C=O) groups excluding carboxylic acids is 1. The van der Waals surface area contributed by atoms with E-state index in [9.17, 15) is 4.79 Å². The predicted octanol–water partition coefficient (Wildman–Crippen LogP) is 2.27. The molecule has 2 aliphatic rings. The van der Waals surface area contributed by atoms with Gasteiger partial charge in [-0.1, -0.05) is 6.07 Å². The van der Waals surface area contributed by atoms with Gasteiger partial charge in [-0.05, 0) is 25.0 Å². The molecule has 1 aromatic carbocycles. The smallest absolute Gasteiger partial charge is 0.255 e. The van der Waals surface area contributed by atoms with Gasteiger partial charge in [0.2, 0.25) is 6.23 Å². The zero-order valence-electron chi connectivity index (χ0n) is 13.3. The molecule has 0 fully saturated rings. The summed E-state index contributed by atoms with van der Waals surface area (Å²) in [5, 5.41) is 9.34. The molecule has 1 aromatic heterocycles. The molecule has 1 amide bonds. The van der Waals surface area contributed by atoms with Crippen molar-refractivity contribution in [1.29, 1.82) is 0 Å². The lowest BCUT2D eigenvalue weighted by Gasteiger charge is -2.21. The summed E-state index contributed by atoms with van der Waals surface area (Å²) in [5.74, 6) is 1.25. The van der Waals surface area contributed by atoms with Crippen molar-refractivity contribution in [3.63, 3.8) is 0 Å². The Bertz CT molecular complexity index is 811. The molecule has 7 nitrogen and oxygen atoms in total. The van der Waals surface area contributed by atoms with Crippen molar-refractivity contribution in [1.82, 2.24) is 10.3 Å². The molecule has 7 heteroatoms. The Hall–Kier alpha value is -2.96. The van der Waals surface area contributed by atoms with Gasteiger partial charge in [0.25, 0.3) is 5.91 Å². The second-order valence-electron chi connectivity index (χ2n) is 5.74. The standard InChI is InChI=1S/C17H19N5O2/c1-2-18-17(23)12-8-20-16-15(12)22-14(9-21-16)24-11-4-3-10-5-6-19-13(10)7-11/h3-4,7-9,14,19-20,22H,2,5-6H2,1H3,(H,18,23). The van der Waals surface area contributed by atoms with Gasteiger partial charge in [-0.3, -0.25) is 4.79 Å².